The van der Waals surface area contributed by atoms with Crippen molar-refractivity contribution in [1.82, 2.24) is 5.43 Å². The molecule has 0 fully saturated rings. The van der Waals surface area contributed by atoms with Gasteiger partial charge in [-0.05, 0) is 54.4 Å². The highest BCUT2D eigenvalue weighted by Gasteiger charge is 2.13. The van der Waals surface area contributed by atoms with E-state index >= 15 is 0 Å². The highest BCUT2D eigenvalue weighted by Crippen LogP contribution is 2.37. The van der Waals surface area contributed by atoms with Crippen LogP contribution in [0, 0.1) is 0 Å². The maximum absolute atomic E-state index is 11.8. The van der Waals surface area contributed by atoms with Gasteiger partial charge in [0.15, 0.2) is 17.3 Å². The van der Waals surface area contributed by atoms with Gasteiger partial charge in [0, 0.05) is 5.02 Å². The first-order valence-corrected chi connectivity index (χ1v) is 9.53. The number of hydrogen-bond acceptors (Lipinski definition) is 5. The van der Waals surface area contributed by atoms with E-state index in [4.69, 9.17) is 37.1 Å². The summed E-state index contributed by atoms with van der Waals surface area (Å²) in [6.45, 7) is 2.61. The molecule has 1 N–H and O–H groups in total. The fourth-order valence-electron chi connectivity index (χ4n) is 2.43. The number of hydrazone groups is 1. The van der Waals surface area contributed by atoms with Crippen molar-refractivity contribution in [3.05, 3.63) is 81.7 Å². The molecule has 0 aliphatic rings. The second-order valence-corrected chi connectivity index (χ2v) is 6.70. The van der Waals surface area contributed by atoms with Crippen molar-refractivity contribution < 1.29 is 18.7 Å². The summed E-state index contributed by atoms with van der Waals surface area (Å²) in [5, 5.41) is 4.94. The Bertz CT molecular complexity index is 987. The minimum absolute atomic E-state index is 0.168. The molecule has 3 rings (SSSR count). The molecule has 1 aromatic heterocycles. The van der Waals surface area contributed by atoms with E-state index in [2.05, 4.69) is 10.5 Å². The lowest BCUT2D eigenvalue weighted by molar-refractivity contribution is 0.0927. The zero-order valence-electron chi connectivity index (χ0n) is 15.5. The number of furan rings is 1. The highest BCUT2D eigenvalue weighted by atomic mass is 35.5. The number of hydrogen-bond donors (Lipinski definition) is 1. The van der Waals surface area contributed by atoms with Crippen LogP contribution in [0.1, 0.15) is 28.6 Å². The normalized spacial score (nSPS) is 10.9. The zero-order chi connectivity index (χ0) is 20.6. The molecule has 0 bridgehead atoms. The van der Waals surface area contributed by atoms with Gasteiger partial charge in [0.25, 0.3) is 0 Å². The first kappa shape index (κ1) is 20.8. The van der Waals surface area contributed by atoms with Gasteiger partial charge in [0.05, 0.1) is 24.1 Å². The molecule has 0 saturated heterocycles. The average Bonchev–Trinajstić information content (AvgIpc) is 3.24. The average molecular weight is 433 g/mol. The molecule has 29 heavy (non-hydrogen) atoms. The van der Waals surface area contributed by atoms with Crippen LogP contribution in [-0.2, 0) is 6.61 Å². The van der Waals surface area contributed by atoms with Crippen LogP contribution in [0.25, 0.3) is 0 Å². The minimum Gasteiger partial charge on any atom is -0.490 e. The first-order chi connectivity index (χ1) is 14.1. The number of carbonyl (C=O) groups is 1. The lowest BCUT2D eigenvalue weighted by Gasteiger charge is -2.14. The van der Waals surface area contributed by atoms with E-state index in [1.165, 1.54) is 12.5 Å². The summed E-state index contributed by atoms with van der Waals surface area (Å²) >= 11 is 12.3. The Morgan fingerprint density at radius 1 is 1.17 bits per heavy atom. The second-order valence-electron chi connectivity index (χ2n) is 5.85. The van der Waals surface area contributed by atoms with Crippen LogP contribution in [0.4, 0.5) is 0 Å². The molecule has 0 radical (unpaired) electrons. The molecule has 1 amide bonds. The van der Waals surface area contributed by atoms with Crippen molar-refractivity contribution in [3.8, 4) is 11.5 Å². The number of carbonyl (C=O) groups excluding carboxylic acids is 1. The maximum atomic E-state index is 11.8. The number of nitrogens with zero attached hydrogens (tertiary/aromatic N) is 1. The van der Waals surface area contributed by atoms with Crippen LogP contribution in [0.2, 0.25) is 10.0 Å². The van der Waals surface area contributed by atoms with E-state index in [-0.39, 0.29) is 5.76 Å². The molecule has 150 valence electrons. The Morgan fingerprint density at radius 2 is 1.97 bits per heavy atom. The number of rotatable bonds is 8. The molecule has 6 nitrogen and oxygen atoms in total. The summed E-state index contributed by atoms with van der Waals surface area (Å²) in [4.78, 5) is 11.8. The fraction of sp³-hybridized carbons (Fsp3) is 0.143. The molecular formula is C21H18Cl2N2O4. The largest absolute Gasteiger partial charge is 0.490 e. The topological polar surface area (TPSA) is 73.1 Å². The van der Waals surface area contributed by atoms with E-state index in [1.54, 1.807) is 36.4 Å². The predicted octanol–water partition coefficient (Wildman–Crippen LogP) is 5.33. The third-order valence-electron chi connectivity index (χ3n) is 3.75. The van der Waals surface area contributed by atoms with Crippen LogP contribution < -0.4 is 14.9 Å². The Kier molecular flexibility index (Phi) is 7.16. The quantitative estimate of drug-likeness (QED) is 0.385. The third-order valence-corrected chi connectivity index (χ3v) is 4.29. The smallest absolute Gasteiger partial charge is 0.307 e. The van der Waals surface area contributed by atoms with Gasteiger partial charge in [0.1, 0.15) is 6.61 Å². The standard InChI is InChI=1S/C21H18Cl2N2O4/c1-2-27-19-11-15(12-24-25-21(26)18-4-3-9-28-18)10-17(23)20(19)29-13-14-5-7-16(22)8-6-14/h3-12H,2,13H2,1H3,(H,25,26)/b24-12-. The fourth-order valence-corrected chi connectivity index (χ4v) is 2.83. The summed E-state index contributed by atoms with van der Waals surface area (Å²) < 4.78 is 16.5. The van der Waals surface area contributed by atoms with Gasteiger partial charge >= 0.3 is 5.91 Å². The van der Waals surface area contributed by atoms with Crippen LogP contribution >= 0.6 is 23.2 Å². The van der Waals surface area contributed by atoms with Crippen molar-refractivity contribution in [3.63, 3.8) is 0 Å². The molecular weight excluding hydrogens is 415 g/mol. The lowest BCUT2D eigenvalue weighted by Crippen LogP contribution is -2.16. The number of nitrogens with one attached hydrogen (secondary N) is 1. The molecule has 8 heteroatoms. The molecule has 0 aliphatic heterocycles. The van der Waals surface area contributed by atoms with Gasteiger partial charge in [-0.1, -0.05) is 35.3 Å². The SMILES string of the molecule is CCOc1cc(/C=N\NC(=O)c2ccco2)cc(Cl)c1OCc1ccc(Cl)cc1. The maximum Gasteiger partial charge on any atom is 0.307 e. The van der Waals surface area contributed by atoms with E-state index in [0.717, 1.165) is 5.56 Å². The first-order valence-electron chi connectivity index (χ1n) is 8.77. The van der Waals surface area contributed by atoms with Crippen molar-refractivity contribution >= 4 is 35.3 Å². The minimum atomic E-state index is -0.453. The molecule has 0 aliphatic carbocycles. The van der Waals surface area contributed by atoms with Gasteiger partial charge in [-0.15, -0.1) is 0 Å². The van der Waals surface area contributed by atoms with Gasteiger partial charge in [-0.3, -0.25) is 4.79 Å². The zero-order valence-corrected chi connectivity index (χ0v) is 17.0. The predicted molar refractivity (Wildman–Crippen MR) is 112 cm³/mol. The Balaban J connectivity index is 1.72. The third kappa shape index (κ3) is 5.76. The van der Waals surface area contributed by atoms with Crippen molar-refractivity contribution in [1.29, 1.82) is 0 Å². The van der Waals surface area contributed by atoms with Gasteiger partial charge in [-0.25, -0.2) is 5.43 Å². The van der Waals surface area contributed by atoms with Crippen LogP contribution in [0.3, 0.4) is 0 Å². The van der Waals surface area contributed by atoms with Crippen molar-refractivity contribution in [2.24, 2.45) is 5.10 Å². The summed E-state index contributed by atoms with van der Waals surface area (Å²) in [5.74, 6) is 0.624. The van der Waals surface area contributed by atoms with Crippen LogP contribution in [0.5, 0.6) is 11.5 Å². The van der Waals surface area contributed by atoms with Crippen LogP contribution in [0.15, 0.2) is 64.3 Å². The van der Waals surface area contributed by atoms with E-state index in [9.17, 15) is 4.79 Å². The van der Waals surface area contributed by atoms with Gasteiger partial charge in [-0.2, -0.15) is 5.10 Å². The molecule has 0 unspecified atom stereocenters. The highest BCUT2D eigenvalue weighted by molar-refractivity contribution is 6.32. The van der Waals surface area contributed by atoms with E-state index in [1.807, 2.05) is 19.1 Å². The molecule has 2 aromatic carbocycles. The van der Waals surface area contributed by atoms with Gasteiger partial charge in [0.2, 0.25) is 0 Å². The number of benzene rings is 2. The monoisotopic (exact) mass is 432 g/mol. The summed E-state index contributed by atoms with van der Waals surface area (Å²) in [7, 11) is 0. The lowest BCUT2D eigenvalue weighted by atomic mass is 10.2. The number of amides is 1. The number of ether oxygens (including phenoxy) is 2. The van der Waals surface area contributed by atoms with Crippen LogP contribution in [-0.4, -0.2) is 18.7 Å². The molecule has 0 atom stereocenters. The van der Waals surface area contributed by atoms with Crippen molar-refractivity contribution in [2.45, 2.75) is 13.5 Å². The molecule has 3 aromatic rings. The molecule has 0 spiro atoms. The molecule has 1 heterocycles. The summed E-state index contributed by atoms with van der Waals surface area (Å²) in [5.41, 5.74) is 3.96. The molecule has 0 saturated carbocycles. The summed E-state index contributed by atoms with van der Waals surface area (Å²) in [6.07, 6.45) is 2.87. The van der Waals surface area contributed by atoms with Gasteiger partial charge < -0.3 is 13.9 Å². The van der Waals surface area contributed by atoms with E-state index in [0.29, 0.717) is 40.3 Å². The number of halogens is 2. The van der Waals surface area contributed by atoms with Crippen molar-refractivity contribution in [2.75, 3.05) is 6.61 Å². The second kappa shape index (κ2) is 10.0. The Morgan fingerprint density at radius 3 is 2.66 bits per heavy atom. The Labute approximate surface area is 178 Å². The van der Waals surface area contributed by atoms with E-state index < -0.39 is 5.91 Å². The Hall–Kier alpha value is -2.96. The summed E-state index contributed by atoms with van der Waals surface area (Å²) in [6, 6.07) is 13.9.